The highest BCUT2D eigenvalue weighted by Crippen LogP contribution is 2.43. The van der Waals surface area contributed by atoms with E-state index in [1.54, 1.807) is 0 Å². The number of unbranched alkanes of at least 4 members (excludes halogenated alkanes) is 29. The van der Waals surface area contributed by atoms with E-state index >= 15 is 0 Å². The van der Waals surface area contributed by atoms with E-state index < -0.39 is 26.5 Å². The first-order valence-electron chi connectivity index (χ1n) is 39.3. The lowest BCUT2D eigenvalue weighted by Gasteiger charge is -2.19. The minimum Gasteiger partial charge on any atom is -0.462 e. The van der Waals surface area contributed by atoms with Crippen LogP contribution in [0.1, 0.15) is 322 Å². The second-order valence-electron chi connectivity index (χ2n) is 25.5. The number of ether oxygens (including phenoxy) is 2. The predicted molar refractivity (Wildman–Crippen MR) is 422 cm³/mol. The SMILES string of the molecule is CC/C=C\C/C=C\C/C=C\C/C=C\C/C=C\C/C=C\C/C=C\C/C=C\CCCCCCCCCCCCCCCCCCC(=O)OC(COC(=O)CCCCCCCCCCCCCCC/C=C\C/C=C\C/C=C\C/C=C\C/C=C\C/C=C\C/C=C\CC)COP(=O)(O)OCCN. The highest BCUT2D eigenvalue weighted by Gasteiger charge is 2.26. The first-order chi connectivity index (χ1) is 47.8. The molecule has 2 unspecified atom stereocenters. The Morgan fingerprint density at radius 3 is 0.794 bits per heavy atom. The van der Waals surface area contributed by atoms with E-state index in [0.717, 1.165) is 135 Å². The monoisotopic (exact) mass is 1360 g/mol. The molecule has 0 bridgehead atoms. The van der Waals surface area contributed by atoms with Crippen molar-refractivity contribution in [2.24, 2.45) is 5.73 Å². The Morgan fingerprint density at radius 2 is 0.536 bits per heavy atom. The topological polar surface area (TPSA) is 134 Å². The lowest BCUT2D eigenvalue weighted by molar-refractivity contribution is -0.161. The van der Waals surface area contributed by atoms with Gasteiger partial charge in [-0.3, -0.25) is 18.6 Å². The van der Waals surface area contributed by atoms with Gasteiger partial charge in [0.05, 0.1) is 13.2 Å². The Hall–Kier alpha value is -4.89. The quantitative estimate of drug-likeness (QED) is 0.0264. The fourth-order valence-electron chi connectivity index (χ4n) is 10.6. The maximum Gasteiger partial charge on any atom is 0.472 e. The normalized spacial score (nSPS) is 13.9. The summed E-state index contributed by atoms with van der Waals surface area (Å²) >= 11 is 0. The molecule has 0 aliphatic carbocycles. The minimum atomic E-state index is -4.41. The summed E-state index contributed by atoms with van der Waals surface area (Å²) in [4.78, 5) is 35.5. The molecule has 0 aliphatic heterocycles. The van der Waals surface area contributed by atoms with Crippen LogP contribution in [0.3, 0.4) is 0 Å². The van der Waals surface area contributed by atoms with Gasteiger partial charge in [-0.15, -0.1) is 0 Å². The van der Waals surface area contributed by atoms with Crippen molar-refractivity contribution in [2.45, 2.75) is 328 Å². The molecule has 0 aromatic rings. The molecule has 0 aliphatic rings. The summed E-state index contributed by atoms with van der Waals surface area (Å²) in [5, 5.41) is 0. The van der Waals surface area contributed by atoms with Crippen molar-refractivity contribution in [3.8, 4) is 0 Å². The summed E-state index contributed by atoms with van der Waals surface area (Å²) < 4.78 is 33.3. The van der Waals surface area contributed by atoms with E-state index in [1.807, 2.05) is 0 Å². The minimum absolute atomic E-state index is 0.0472. The van der Waals surface area contributed by atoms with Crippen molar-refractivity contribution in [3.63, 3.8) is 0 Å². The molecule has 0 heterocycles. The number of nitrogens with two attached hydrogens (primary N) is 1. The molecule has 0 fully saturated rings. The zero-order chi connectivity index (χ0) is 70.0. The molecular weight excluding hydrogens is 1220 g/mol. The number of esters is 2. The van der Waals surface area contributed by atoms with E-state index in [2.05, 4.69) is 196 Å². The Balaban J connectivity index is 3.88. The van der Waals surface area contributed by atoms with Gasteiger partial charge in [-0.05, 0) is 135 Å². The smallest absolute Gasteiger partial charge is 0.462 e. The Labute approximate surface area is 596 Å². The zero-order valence-electron chi connectivity index (χ0n) is 62.0. The molecule has 9 nitrogen and oxygen atoms in total. The number of carbonyl (C=O) groups excluding carboxylic acids is 2. The van der Waals surface area contributed by atoms with Crippen molar-refractivity contribution >= 4 is 19.8 Å². The summed E-state index contributed by atoms with van der Waals surface area (Å²) in [5.74, 6) is -0.828. The Morgan fingerprint density at radius 1 is 0.309 bits per heavy atom. The van der Waals surface area contributed by atoms with Gasteiger partial charge >= 0.3 is 19.8 Å². The van der Waals surface area contributed by atoms with E-state index in [9.17, 15) is 19.0 Å². The number of allylic oxidation sites excluding steroid dienone is 30. The lowest BCUT2D eigenvalue weighted by Crippen LogP contribution is -2.29. The molecular formula is C87H144NO8P. The molecule has 10 heteroatoms. The molecule has 0 amide bonds. The van der Waals surface area contributed by atoms with Crippen LogP contribution < -0.4 is 5.73 Å². The van der Waals surface area contributed by atoms with Crippen LogP contribution in [0.15, 0.2) is 182 Å². The van der Waals surface area contributed by atoms with Crippen molar-refractivity contribution < 1.29 is 37.6 Å². The van der Waals surface area contributed by atoms with Crippen LogP contribution in [0.2, 0.25) is 0 Å². The molecule has 0 saturated heterocycles. The third-order valence-corrected chi connectivity index (χ3v) is 17.3. The van der Waals surface area contributed by atoms with Crippen LogP contribution in [0.5, 0.6) is 0 Å². The standard InChI is InChI=1S/C87H144NO8P/c1-3-5-7-9-11-13-15-17-19-21-23-25-27-29-31-33-35-37-39-40-41-42-43-44-46-48-50-52-54-56-58-60-62-64-66-68-70-72-74-76-78-80-87(90)96-85(84-95-97(91,92)94-82-81-88)83-93-86(89)79-77-75-73-71-69-67-65-63-61-59-57-55-53-51-49-47-45-38-36-34-32-30-28-26-24-22-20-18-16-14-12-10-8-6-4-2/h5-8,11-14,17-20,23-26,29-32,35-38,40-41,43-44,47,49,85H,3-4,9-10,15-16,21-22,27-28,33-34,39,42,45-46,48,50-84,88H2,1-2H3,(H,91,92)/b7-5-,8-6-,13-11-,14-12-,19-17-,20-18-,25-23-,26-24-,31-29-,32-30-,37-35-,38-36-,41-40-,44-43-,49-47-. The van der Waals surface area contributed by atoms with Crippen molar-refractivity contribution in [3.05, 3.63) is 182 Å². The average Bonchev–Trinajstić information content (AvgIpc) is 2.57. The maximum absolute atomic E-state index is 12.8. The van der Waals surface area contributed by atoms with Gasteiger partial charge in [-0.1, -0.05) is 357 Å². The van der Waals surface area contributed by atoms with Crippen molar-refractivity contribution in [2.75, 3.05) is 26.4 Å². The van der Waals surface area contributed by atoms with Crippen LogP contribution in [0.4, 0.5) is 0 Å². The molecule has 0 rings (SSSR count). The third kappa shape index (κ3) is 80.0. The number of carbonyl (C=O) groups is 2. The van der Waals surface area contributed by atoms with Crippen LogP contribution in [-0.4, -0.2) is 49.3 Å². The second kappa shape index (κ2) is 80.1. The van der Waals surface area contributed by atoms with Gasteiger partial charge in [0.2, 0.25) is 0 Å². The number of hydrogen-bond donors (Lipinski definition) is 2. The van der Waals surface area contributed by atoms with Crippen LogP contribution >= 0.6 is 7.82 Å². The summed E-state index contributed by atoms with van der Waals surface area (Å²) in [6.07, 6.45) is 120. The van der Waals surface area contributed by atoms with E-state index in [-0.39, 0.29) is 38.6 Å². The van der Waals surface area contributed by atoms with Gasteiger partial charge in [-0.25, -0.2) is 4.57 Å². The number of hydrogen-bond acceptors (Lipinski definition) is 8. The fraction of sp³-hybridized carbons (Fsp3) is 0.632. The molecule has 0 radical (unpaired) electrons. The lowest BCUT2D eigenvalue weighted by atomic mass is 10.0. The highest BCUT2D eigenvalue weighted by atomic mass is 31.2. The fourth-order valence-corrected chi connectivity index (χ4v) is 11.3. The van der Waals surface area contributed by atoms with Gasteiger partial charge in [0.15, 0.2) is 6.10 Å². The number of phosphoric ester groups is 1. The van der Waals surface area contributed by atoms with Crippen LogP contribution in [0.25, 0.3) is 0 Å². The van der Waals surface area contributed by atoms with Crippen molar-refractivity contribution in [1.29, 1.82) is 0 Å². The van der Waals surface area contributed by atoms with Crippen molar-refractivity contribution in [1.82, 2.24) is 0 Å². The second-order valence-corrected chi connectivity index (χ2v) is 26.9. The Bertz CT molecular complexity index is 2250. The van der Waals surface area contributed by atoms with Gasteiger partial charge in [0.25, 0.3) is 0 Å². The van der Waals surface area contributed by atoms with Gasteiger partial charge in [-0.2, -0.15) is 0 Å². The zero-order valence-corrected chi connectivity index (χ0v) is 62.9. The van der Waals surface area contributed by atoms with E-state index in [1.165, 1.54) is 154 Å². The number of phosphoric acid groups is 1. The Kier molecular flexibility index (Phi) is 76.1. The highest BCUT2D eigenvalue weighted by molar-refractivity contribution is 7.47. The van der Waals surface area contributed by atoms with E-state index in [4.69, 9.17) is 24.3 Å². The first-order valence-corrected chi connectivity index (χ1v) is 40.8. The summed E-state index contributed by atoms with van der Waals surface area (Å²) in [7, 11) is -4.41. The molecule has 550 valence electrons. The number of rotatable bonds is 72. The maximum atomic E-state index is 12.8. The summed E-state index contributed by atoms with van der Waals surface area (Å²) in [6.45, 7) is 3.53. The first kappa shape index (κ1) is 92.1. The molecule has 0 saturated carbocycles. The summed E-state index contributed by atoms with van der Waals surface area (Å²) in [6, 6.07) is 0. The summed E-state index contributed by atoms with van der Waals surface area (Å²) in [5.41, 5.74) is 5.41. The third-order valence-electron chi connectivity index (χ3n) is 16.3. The molecule has 0 spiro atoms. The van der Waals surface area contributed by atoms with Crippen LogP contribution in [-0.2, 0) is 32.7 Å². The molecule has 3 N–H and O–H groups in total. The molecule has 0 aromatic carbocycles. The molecule has 2 atom stereocenters. The van der Waals surface area contributed by atoms with Gasteiger partial charge in [0, 0.05) is 19.4 Å². The molecule has 0 aromatic heterocycles. The van der Waals surface area contributed by atoms with Gasteiger partial charge in [0.1, 0.15) is 6.61 Å². The average molecular weight is 1360 g/mol. The predicted octanol–water partition coefficient (Wildman–Crippen LogP) is 26.6. The van der Waals surface area contributed by atoms with Gasteiger partial charge < -0.3 is 20.1 Å². The largest absolute Gasteiger partial charge is 0.472 e. The molecule has 97 heavy (non-hydrogen) atoms. The van der Waals surface area contributed by atoms with Crippen LogP contribution in [0, 0.1) is 0 Å². The van der Waals surface area contributed by atoms with E-state index in [0.29, 0.717) is 6.42 Å².